The summed E-state index contributed by atoms with van der Waals surface area (Å²) >= 11 is 0. The molecule has 2 aliphatic rings. The molecule has 4 rings (SSSR count). The summed E-state index contributed by atoms with van der Waals surface area (Å²) < 4.78 is 0. The van der Waals surface area contributed by atoms with E-state index in [0.29, 0.717) is 55.1 Å². The first-order chi connectivity index (χ1) is 14.1. The van der Waals surface area contributed by atoms with Crippen molar-refractivity contribution in [3.05, 3.63) is 57.5 Å². The van der Waals surface area contributed by atoms with E-state index in [2.05, 4.69) is 9.97 Å². The average Bonchev–Trinajstić information content (AvgIpc) is 3.24. The highest BCUT2D eigenvalue weighted by Gasteiger charge is 2.33. The molecule has 0 radical (unpaired) electrons. The first-order valence-corrected chi connectivity index (χ1v) is 10.2. The van der Waals surface area contributed by atoms with Crippen molar-refractivity contribution in [3.63, 3.8) is 0 Å². The minimum atomic E-state index is -0.196. The molecule has 0 aromatic carbocycles. The summed E-state index contributed by atoms with van der Waals surface area (Å²) in [6, 6.07) is 3.17. The normalized spacial score (nSPS) is 18.6. The van der Waals surface area contributed by atoms with Crippen LogP contribution in [-0.4, -0.2) is 49.7 Å². The molecule has 4 heterocycles. The minimum Gasteiger partial charge on any atom is -0.333 e. The van der Waals surface area contributed by atoms with E-state index in [0.717, 1.165) is 19.3 Å². The van der Waals surface area contributed by atoms with Crippen LogP contribution in [0, 0.1) is 0 Å². The van der Waals surface area contributed by atoms with Crippen molar-refractivity contribution >= 4 is 11.8 Å². The van der Waals surface area contributed by atoms with E-state index < -0.39 is 0 Å². The van der Waals surface area contributed by atoms with E-state index in [1.807, 2.05) is 11.8 Å². The van der Waals surface area contributed by atoms with E-state index in [-0.39, 0.29) is 23.4 Å². The monoisotopic (exact) mass is 395 g/mol. The molecule has 1 atom stereocenters. The molecule has 1 N–H and O–H groups in total. The lowest BCUT2D eigenvalue weighted by molar-refractivity contribution is -0.132. The van der Waals surface area contributed by atoms with E-state index in [9.17, 15) is 14.4 Å². The predicted molar refractivity (Wildman–Crippen MR) is 106 cm³/mol. The van der Waals surface area contributed by atoms with Crippen LogP contribution in [0.3, 0.4) is 0 Å². The summed E-state index contributed by atoms with van der Waals surface area (Å²) in [5.41, 5.74) is 1.68. The fourth-order valence-corrected chi connectivity index (χ4v) is 4.17. The van der Waals surface area contributed by atoms with E-state index in [4.69, 9.17) is 4.98 Å². The molecule has 8 heteroatoms. The predicted octanol–water partition coefficient (Wildman–Crippen LogP) is 1.83. The minimum absolute atomic E-state index is 0.0951. The summed E-state index contributed by atoms with van der Waals surface area (Å²) in [5.74, 6) is 0.543. The zero-order valence-corrected chi connectivity index (χ0v) is 16.6. The van der Waals surface area contributed by atoms with Gasteiger partial charge in [-0.25, -0.2) is 4.98 Å². The first-order valence-electron chi connectivity index (χ1n) is 10.2. The second-order valence-corrected chi connectivity index (χ2v) is 7.58. The molecule has 2 amide bonds. The summed E-state index contributed by atoms with van der Waals surface area (Å²) in [4.78, 5) is 53.0. The smallest absolute Gasteiger partial charge is 0.254 e. The van der Waals surface area contributed by atoms with Gasteiger partial charge in [0.1, 0.15) is 5.82 Å². The number of rotatable bonds is 4. The van der Waals surface area contributed by atoms with Gasteiger partial charge < -0.3 is 14.8 Å². The molecule has 8 nitrogen and oxygen atoms in total. The lowest BCUT2D eigenvalue weighted by Crippen LogP contribution is -2.40. The Kier molecular flexibility index (Phi) is 5.42. The van der Waals surface area contributed by atoms with Crippen LogP contribution in [0.5, 0.6) is 0 Å². The maximum atomic E-state index is 12.8. The zero-order valence-electron chi connectivity index (χ0n) is 16.6. The number of H-pyrrole nitrogens is 1. The van der Waals surface area contributed by atoms with Crippen molar-refractivity contribution < 1.29 is 9.59 Å². The van der Waals surface area contributed by atoms with Gasteiger partial charge in [0.2, 0.25) is 5.91 Å². The molecule has 0 spiro atoms. The Labute approximate surface area is 169 Å². The Bertz CT molecular complexity index is 972. The van der Waals surface area contributed by atoms with Crippen LogP contribution in [0.15, 0.2) is 29.3 Å². The molecule has 2 aromatic rings. The Hall–Kier alpha value is -3.03. The van der Waals surface area contributed by atoms with Crippen molar-refractivity contribution in [2.75, 3.05) is 13.1 Å². The SMILES string of the molecule is CCCC(=O)N1CCCC1c1nc2c(c(=O)[nH]1)CCN(C(=O)c1ccncc1)C2. The van der Waals surface area contributed by atoms with Gasteiger partial charge in [0.15, 0.2) is 0 Å². The fourth-order valence-electron chi connectivity index (χ4n) is 4.17. The number of carbonyl (C=O) groups is 2. The summed E-state index contributed by atoms with van der Waals surface area (Å²) in [6.07, 6.45) is 6.63. The van der Waals surface area contributed by atoms with Crippen LogP contribution in [-0.2, 0) is 17.8 Å². The van der Waals surface area contributed by atoms with Gasteiger partial charge >= 0.3 is 0 Å². The maximum absolute atomic E-state index is 12.8. The van der Waals surface area contributed by atoms with Gasteiger partial charge in [-0.2, -0.15) is 0 Å². The summed E-state index contributed by atoms with van der Waals surface area (Å²) in [7, 11) is 0. The van der Waals surface area contributed by atoms with Crippen molar-refractivity contribution in [3.8, 4) is 0 Å². The second kappa shape index (κ2) is 8.14. The molecule has 1 fully saturated rings. The molecular formula is C21H25N5O3. The Morgan fingerprint density at radius 3 is 2.79 bits per heavy atom. The molecule has 152 valence electrons. The molecule has 0 aliphatic carbocycles. The highest BCUT2D eigenvalue weighted by Crippen LogP contribution is 2.31. The number of likely N-dealkylation sites (tertiary alicyclic amines) is 1. The molecular weight excluding hydrogens is 370 g/mol. The van der Waals surface area contributed by atoms with E-state index in [1.165, 1.54) is 0 Å². The number of carbonyl (C=O) groups excluding carboxylic acids is 2. The maximum Gasteiger partial charge on any atom is 0.254 e. The van der Waals surface area contributed by atoms with Crippen molar-refractivity contribution in [1.29, 1.82) is 0 Å². The fraction of sp³-hybridized carbons (Fsp3) is 0.476. The third-order valence-corrected chi connectivity index (χ3v) is 5.66. The van der Waals surface area contributed by atoms with Crippen LogP contribution < -0.4 is 5.56 Å². The largest absolute Gasteiger partial charge is 0.333 e. The highest BCUT2D eigenvalue weighted by molar-refractivity contribution is 5.94. The van der Waals surface area contributed by atoms with Gasteiger partial charge in [0.05, 0.1) is 18.3 Å². The Morgan fingerprint density at radius 1 is 1.24 bits per heavy atom. The lowest BCUT2D eigenvalue weighted by atomic mass is 10.0. The van der Waals surface area contributed by atoms with Crippen molar-refractivity contribution in [1.82, 2.24) is 24.8 Å². The molecule has 0 bridgehead atoms. The molecule has 29 heavy (non-hydrogen) atoms. The standard InChI is InChI=1S/C21H25N5O3/c1-2-4-18(27)26-11-3-5-17(26)19-23-16-13-25(12-8-15(16)20(28)24-19)21(29)14-6-9-22-10-7-14/h6-7,9-10,17H,2-5,8,11-13H2,1H3,(H,23,24,28). The Morgan fingerprint density at radius 2 is 2.03 bits per heavy atom. The molecule has 1 saturated heterocycles. The topological polar surface area (TPSA) is 99.3 Å². The van der Waals surface area contributed by atoms with Crippen molar-refractivity contribution in [2.45, 2.75) is 51.6 Å². The van der Waals surface area contributed by atoms with Gasteiger partial charge in [-0.1, -0.05) is 6.92 Å². The molecule has 2 aliphatic heterocycles. The number of nitrogens with one attached hydrogen (secondary N) is 1. The zero-order chi connectivity index (χ0) is 20.4. The highest BCUT2D eigenvalue weighted by atomic mass is 16.2. The summed E-state index contributed by atoms with van der Waals surface area (Å²) in [5, 5.41) is 0. The van der Waals surface area contributed by atoms with Gasteiger partial charge in [-0.15, -0.1) is 0 Å². The second-order valence-electron chi connectivity index (χ2n) is 7.58. The number of amides is 2. The first kappa shape index (κ1) is 19.3. The third-order valence-electron chi connectivity index (χ3n) is 5.66. The van der Waals surface area contributed by atoms with Crippen LogP contribution in [0.25, 0.3) is 0 Å². The number of aromatic nitrogens is 3. The van der Waals surface area contributed by atoms with E-state index >= 15 is 0 Å². The van der Waals surface area contributed by atoms with Crippen LogP contribution in [0.1, 0.15) is 66.1 Å². The van der Waals surface area contributed by atoms with Crippen LogP contribution >= 0.6 is 0 Å². The number of hydrogen-bond donors (Lipinski definition) is 1. The lowest BCUT2D eigenvalue weighted by Gasteiger charge is -2.29. The molecule has 0 saturated carbocycles. The Balaban J connectivity index is 1.60. The summed E-state index contributed by atoms with van der Waals surface area (Å²) in [6.45, 7) is 3.44. The van der Waals surface area contributed by atoms with Crippen LogP contribution in [0.2, 0.25) is 0 Å². The van der Waals surface area contributed by atoms with E-state index in [1.54, 1.807) is 29.4 Å². The number of aromatic amines is 1. The number of nitrogens with zero attached hydrogens (tertiary/aromatic N) is 4. The van der Waals surface area contributed by atoms with Crippen molar-refractivity contribution in [2.24, 2.45) is 0 Å². The number of fused-ring (bicyclic) bond motifs is 1. The van der Waals surface area contributed by atoms with Gasteiger partial charge in [0.25, 0.3) is 11.5 Å². The van der Waals surface area contributed by atoms with Crippen LogP contribution in [0.4, 0.5) is 0 Å². The van der Waals surface area contributed by atoms with Gasteiger partial charge in [-0.05, 0) is 37.8 Å². The van der Waals surface area contributed by atoms with Gasteiger partial charge in [-0.3, -0.25) is 19.4 Å². The average molecular weight is 395 g/mol. The number of hydrogen-bond acceptors (Lipinski definition) is 5. The number of pyridine rings is 1. The quantitative estimate of drug-likeness (QED) is 0.851. The molecule has 1 unspecified atom stereocenters. The molecule has 2 aromatic heterocycles. The van der Waals surface area contributed by atoms with Gasteiger partial charge in [0, 0.05) is 43.0 Å². The third kappa shape index (κ3) is 3.79.